The molecule has 1 aromatic carbocycles. The molecule has 0 fully saturated rings. The largest absolute Gasteiger partial charge is 0.309 e. The topological polar surface area (TPSA) is 35.8 Å². The van der Waals surface area contributed by atoms with Crippen molar-refractivity contribution in [3.63, 3.8) is 0 Å². The fourth-order valence-corrected chi connectivity index (χ4v) is 2.29. The van der Waals surface area contributed by atoms with E-state index >= 15 is 0 Å². The van der Waals surface area contributed by atoms with Gasteiger partial charge < -0.3 is 5.32 Å². The minimum Gasteiger partial charge on any atom is -0.309 e. The number of hydrogen-bond donors (Lipinski definition) is 1. The van der Waals surface area contributed by atoms with E-state index in [9.17, 15) is 0 Å². The molecule has 1 rings (SSSR count). The van der Waals surface area contributed by atoms with Gasteiger partial charge in [0.1, 0.15) is 0 Å². The SMILES string of the molecule is CCC(CSC)NCc1cccc(C#N)c1. The first-order chi connectivity index (χ1) is 7.80. The molecule has 1 aromatic rings. The number of nitriles is 1. The molecule has 3 heteroatoms. The first kappa shape index (κ1) is 13.1. The molecule has 0 heterocycles. The van der Waals surface area contributed by atoms with Crippen molar-refractivity contribution < 1.29 is 0 Å². The van der Waals surface area contributed by atoms with Gasteiger partial charge >= 0.3 is 0 Å². The zero-order chi connectivity index (χ0) is 11.8. The maximum absolute atomic E-state index is 8.80. The summed E-state index contributed by atoms with van der Waals surface area (Å²) in [6.45, 7) is 3.04. The number of nitrogens with one attached hydrogen (secondary N) is 1. The van der Waals surface area contributed by atoms with Gasteiger partial charge in [-0.05, 0) is 30.4 Å². The van der Waals surface area contributed by atoms with Crippen LogP contribution in [-0.4, -0.2) is 18.1 Å². The van der Waals surface area contributed by atoms with E-state index in [0.29, 0.717) is 6.04 Å². The van der Waals surface area contributed by atoms with Gasteiger partial charge in [0.2, 0.25) is 0 Å². The van der Waals surface area contributed by atoms with Crippen LogP contribution in [0.2, 0.25) is 0 Å². The Hall–Kier alpha value is -0.980. The van der Waals surface area contributed by atoms with Crippen molar-refractivity contribution in [1.82, 2.24) is 5.32 Å². The molecular weight excluding hydrogens is 216 g/mol. The fourth-order valence-electron chi connectivity index (χ4n) is 1.54. The molecule has 2 nitrogen and oxygen atoms in total. The molecule has 0 amide bonds. The third kappa shape index (κ3) is 4.26. The van der Waals surface area contributed by atoms with Crippen LogP contribution in [0.15, 0.2) is 24.3 Å². The molecule has 0 bridgehead atoms. The van der Waals surface area contributed by atoms with Crippen molar-refractivity contribution >= 4 is 11.8 Å². The van der Waals surface area contributed by atoms with Crippen molar-refractivity contribution in [2.45, 2.75) is 25.9 Å². The van der Waals surface area contributed by atoms with Crippen molar-refractivity contribution in [2.24, 2.45) is 0 Å². The second-order valence-corrected chi connectivity index (χ2v) is 4.66. The molecule has 0 aliphatic heterocycles. The van der Waals surface area contributed by atoms with Crippen molar-refractivity contribution in [3.8, 4) is 6.07 Å². The van der Waals surface area contributed by atoms with Gasteiger partial charge in [-0.3, -0.25) is 0 Å². The lowest BCUT2D eigenvalue weighted by molar-refractivity contribution is 0.541. The smallest absolute Gasteiger partial charge is 0.0991 e. The Balaban J connectivity index is 2.50. The molecule has 0 aliphatic carbocycles. The molecule has 16 heavy (non-hydrogen) atoms. The van der Waals surface area contributed by atoms with Crippen molar-refractivity contribution in [1.29, 1.82) is 5.26 Å². The van der Waals surface area contributed by atoms with E-state index in [1.54, 1.807) is 0 Å². The van der Waals surface area contributed by atoms with Gasteiger partial charge in [-0.25, -0.2) is 0 Å². The number of benzene rings is 1. The minimum absolute atomic E-state index is 0.556. The fraction of sp³-hybridized carbons (Fsp3) is 0.462. The Morgan fingerprint density at radius 3 is 2.94 bits per heavy atom. The normalized spacial score (nSPS) is 12.1. The standard InChI is InChI=1S/C13H18N2S/c1-3-13(10-16-2)15-9-12-6-4-5-11(7-12)8-14/h4-7,13,15H,3,9-10H2,1-2H3. The summed E-state index contributed by atoms with van der Waals surface area (Å²) in [4.78, 5) is 0. The van der Waals surface area contributed by atoms with Crippen LogP contribution in [-0.2, 0) is 6.54 Å². The van der Waals surface area contributed by atoms with E-state index in [2.05, 4.69) is 30.6 Å². The highest BCUT2D eigenvalue weighted by Crippen LogP contribution is 2.06. The molecule has 86 valence electrons. The van der Waals surface area contributed by atoms with E-state index in [0.717, 1.165) is 24.3 Å². The van der Waals surface area contributed by atoms with Crippen LogP contribution in [0.4, 0.5) is 0 Å². The van der Waals surface area contributed by atoms with E-state index < -0.39 is 0 Å². The van der Waals surface area contributed by atoms with E-state index in [4.69, 9.17) is 5.26 Å². The molecule has 1 atom stereocenters. The van der Waals surface area contributed by atoms with Gasteiger partial charge in [-0.15, -0.1) is 0 Å². The van der Waals surface area contributed by atoms with Gasteiger partial charge in [0.25, 0.3) is 0 Å². The van der Waals surface area contributed by atoms with Crippen molar-refractivity contribution in [3.05, 3.63) is 35.4 Å². The van der Waals surface area contributed by atoms with Crippen LogP contribution in [0.1, 0.15) is 24.5 Å². The average Bonchev–Trinajstić information content (AvgIpc) is 2.34. The Morgan fingerprint density at radius 2 is 2.31 bits per heavy atom. The Kier molecular flexibility index (Phi) is 5.99. The summed E-state index contributed by atoms with van der Waals surface area (Å²) in [5.41, 5.74) is 1.91. The molecule has 1 unspecified atom stereocenters. The highest BCUT2D eigenvalue weighted by molar-refractivity contribution is 7.98. The third-order valence-electron chi connectivity index (χ3n) is 2.51. The molecule has 0 radical (unpaired) electrons. The zero-order valence-electron chi connectivity index (χ0n) is 9.86. The number of thioether (sulfide) groups is 1. The number of nitrogens with zero attached hydrogens (tertiary/aromatic N) is 1. The first-order valence-electron chi connectivity index (χ1n) is 5.51. The maximum atomic E-state index is 8.80. The second kappa shape index (κ2) is 7.32. The summed E-state index contributed by atoms with van der Waals surface area (Å²) in [5, 5.41) is 12.3. The first-order valence-corrected chi connectivity index (χ1v) is 6.91. The van der Waals surface area contributed by atoms with Crippen LogP contribution >= 0.6 is 11.8 Å². The predicted octanol–water partition coefficient (Wildman–Crippen LogP) is 2.79. The third-order valence-corrected chi connectivity index (χ3v) is 3.25. The van der Waals surface area contributed by atoms with Crippen LogP contribution in [0.25, 0.3) is 0 Å². The molecule has 0 aromatic heterocycles. The number of rotatable bonds is 6. The number of hydrogen-bond acceptors (Lipinski definition) is 3. The summed E-state index contributed by atoms with van der Waals surface area (Å²) < 4.78 is 0. The second-order valence-electron chi connectivity index (χ2n) is 3.75. The van der Waals surface area contributed by atoms with Crippen LogP contribution < -0.4 is 5.32 Å². The molecule has 0 saturated heterocycles. The van der Waals surface area contributed by atoms with Gasteiger partial charge in [0, 0.05) is 18.3 Å². The monoisotopic (exact) mass is 234 g/mol. The summed E-state index contributed by atoms with van der Waals surface area (Å²) >= 11 is 1.86. The van der Waals surface area contributed by atoms with E-state index in [-0.39, 0.29) is 0 Å². The van der Waals surface area contributed by atoms with Crippen LogP contribution in [0.5, 0.6) is 0 Å². The average molecular weight is 234 g/mol. The molecule has 0 saturated carbocycles. The summed E-state index contributed by atoms with van der Waals surface area (Å²) in [6, 6.07) is 10.5. The summed E-state index contributed by atoms with van der Waals surface area (Å²) in [5.74, 6) is 1.13. The summed E-state index contributed by atoms with van der Waals surface area (Å²) in [6.07, 6.45) is 3.26. The van der Waals surface area contributed by atoms with E-state index in [1.165, 1.54) is 5.56 Å². The molecule has 0 aliphatic rings. The van der Waals surface area contributed by atoms with Gasteiger partial charge in [0.05, 0.1) is 11.6 Å². The highest BCUT2D eigenvalue weighted by atomic mass is 32.2. The van der Waals surface area contributed by atoms with Crippen molar-refractivity contribution in [2.75, 3.05) is 12.0 Å². The lowest BCUT2D eigenvalue weighted by atomic mass is 10.1. The predicted molar refractivity (Wildman–Crippen MR) is 70.5 cm³/mol. The Morgan fingerprint density at radius 1 is 1.50 bits per heavy atom. The molecular formula is C13H18N2S. The Bertz CT molecular complexity index is 357. The quantitative estimate of drug-likeness (QED) is 0.822. The van der Waals surface area contributed by atoms with Crippen LogP contribution in [0, 0.1) is 11.3 Å². The lowest BCUT2D eigenvalue weighted by Crippen LogP contribution is -2.30. The Labute approximate surface area is 102 Å². The molecule has 1 N–H and O–H groups in total. The zero-order valence-corrected chi connectivity index (χ0v) is 10.7. The highest BCUT2D eigenvalue weighted by Gasteiger charge is 2.04. The lowest BCUT2D eigenvalue weighted by Gasteiger charge is -2.15. The molecule has 0 spiro atoms. The van der Waals surface area contributed by atoms with E-state index in [1.807, 2.05) is 30.0 Å². The van der Waals surface area contributed by atoms with Gasteiger partial charge in [-0.2, -0.15) is 17.0 Å². The van der Waals surface area contributed by atoms with Crippen LogP contribution in [0.3, 0.4) is 0 Å². The minimum atomic E-state index is 0.556. The summed E-state index contributed by atoms with van der Waals surface area (Å²) in [7, 11) is 0. The van der Waals surface area contributed by atoms with Gasteiger partial charge in [0.15, 0.2) is 0 Å². The maximum Gasteiger partial charge on any atom is 0.0991 e. The van der Waals surface area contributed by atoms with Gasteiger partial charge in [-0.1, -0.05) is 19.1 Å².